The van der Waals surface area contributed by atoms with Gasteiger partial charge in [0.1, 0.15) is 0 Å². The van der Waals surface area contributed by atoms with Crippen LogP contribution in [-0.2, 0) is 4.79 Å². The molecular weight excluding hydrogens is 237 g/mol. The Morgan fingerprint density at radius 3 is 2.53 bits per heavy atom. The average Bonchev–Trinajstić information content (AvgIpc) is 2.81. The van der Waals surface area contributed by atoms with E-state index in [4.69, 9.17) is 7.85 Å². The maximum atomic E-state index is 11.4. The number of carboxylic acids is 1. The van der Waals surface area contributed by atoms with E-state index in [9.17, 15) is 9.90 Å². The fourth-order valence-electron chi connectivity index (χ4n) is 3.76. The van der Waals surface area contributed by atoms with Gasteiger partial charge in [-0.1, -0.05) is 19.7 Å². The average molecular weight is 263 g/mol. The monoisotopic (exact) mass is 263 g/mol. The molecule has 0 aromatic heterocycles. The van der Waals surface area contributed by atoms with Gasteiger partial charge in [-0.3, -0.25) is 9.69 Å². The highest BCUT2D eigenvalue weighted by molar-refractivity contribution is 6.08. The zero-order valence-corrected chi connectivity index (χ0v) is 12.1. The van der Waals surface area contributed by atoms with Crippen molar-refractivity contribution in [2.75, 3.05) is 13.1 Å². The first-order valence-corrected chi connectivity index (χ1v) is 7.78. The summed E-state index contributed by atoms with van der Waals surface area (Å²) in [6.45, 7) is 4.05. The summed E-state index contributed by atoms with van der Waals surface area (Å²) < 4.78 is 0. The van der Waals surface area contributed by atoms with E-state index in [-0.39, 0.29) is 5.92 Å². The van der Waals surface area contributed by atoms with Gasteiger partial charge in [-0.15, -0.1) is 0 Å². The lowest BCUT2D eigenvalue weighted by Gasteiger charge is -2.33. The maximum Gasteiger partial charge on any atom is 0.308 e. The van der Waals surface area contributed by atoms with Gasteiger partial charge < -0.3 is 5.11 Å². The van der Waals surface area contributed by atoms with Gasteiger partial charge in [-0.25, -0.2) is 0 Å². The van der Waals surface area contributed by atoms with Gasteiger partial charge in [0.25, 0.3) is 0 Å². The molecule has 2 atom stereocenters. The molecule has 0 aromatic rings. The molecule has 0 amide bonds. The molecule has 0 aromatic carbocycles. The van der Waals surface area contributed by atoms with Crippen LogP contribution >= 0.6 is 0 Å². The van der Waals surface area contributed by atoms with Crippen LogP contribution in [-0.4, -0.2) is 43.0 Å². The molecule has 2 radical (unpaired) electrons. The molecule has 4 heteroatoms. The third-order valence-corrected chi connectivity index (χ3v) is 5.07. The fraction of sp³-hybridized carbons (Fsp3) is 0.933. The van der Waals surface area contributed by atoms with Crippen molar-refractivity contribution in [1.29, 1.82) is 0 Å². The highest BCUT2D eigenvalue weighted by Crippen LogP contribution is 2.34. The van der Waals surface area contributed by atoms with Crippen molar-refractivity contribution in [3.8, 4) is 0 Å². The second kappa shape index (κ2) is 6.78. The van der Waals surface area contributed by atoms with E-state index in [0.717, 1.165) is 31.8 Å². The van der Waals surface area contributed by atoms with Crippen LogP contribution in [0.2, 0.25) is 6.32 Å². The van der Waals surface area contributed by atoms with Gasteiger partial charge in [0.2, 0.25) is 0 Å². The molecule has 0 unspecified atom stereocenters. The zero-order valence-electron chi connectivity index (χ0n) is 12.1. The summed E-state index contributed by atoms with van der Waals surface area (Å²) in [7, 11) is 5.56. The summed E-state index contributed by atoms with van der Waals surface area (Å²) in [5, 5.41) is 9.38. The van der Waals surface area contributed by atoms with Crippen LogP contribution in [0.5, 0.6) is 0 Å². The number of carboxylic acid groups (broad SMARTS) is 1. The molecule has 2 aliphatic rings. The standard InChI is InChI=1S/C15H26BNO2/c1-11-4-6-13(7-5-11)17-9-12(3-2-8-16)14(10-17)15(18)19/h11-14H,2-10H2,1H3,(H,18,19)/t11?,12-,13?,14+/m0/s1. The molecule has 2 fully saturated rings. The van der Waals surface area contributed by atoms with E-state index in [1.54, 1.807) is 0 Å². The Kier molecular flexibility index (Phi) is 5.32. The van der Waals surface area contributed by atoms with Crippen molar-refractivity contribution in [3.63, 3.8) is 0 Å². The Morgan fingerprint density at radius 1 is 1.26 bits per heavy atom. The van der Waals surface area contributed by atoms with Crippen LogP contribution in [0, 0.1) is 17.8 Å². The summed E-state index contributed by atoms with van der Waals surface area (Å²) in [5.74, 6) is 0.363. The Balaban J connectivity index is 1.91. The van der Waals surface area contributed by atoms with Crippen LogP contribution in [0.25, 0.3) is 0 Å². The second-order valence-electron chi connectivity index (χ2n) is 6.50. The first kappa shape index (κ1) is 14.9. The van der Waals surface area contributed by atoms with Crippen molar-refractivity contribution in [3.05, 3.63) is 0 Å². The number of rotatable bonds is 5. The minimum atomic E-state index is -0.617. The number of hydrogen-bond acceptors (Lipinski definition) is 2. The highest BCUT2D eigenvalue weighted by Gasteiger charge is 2.40. The molecule has 1 saturated carbocycles. The lowest BCUT2D eigenvalue weighted by molar-refractivity contribution is -0.142. The normalized spacial score (nSPS) is 36.5. The molecule has 0 spiro atoms. The third-order valence-electron chi connectivity index (χ3n) is 5.07. The van der Waals surface area contributed by atoms with E-state index in [2.05, 4.69) is 11.8 Å². The Bertz CT molecular complexity index is 303. The molecule has 1 N–H and O–H groups in total. The number of hydrogen-bond donors (Lipinski definition) is 1. The van der Waals surface area contributed by atoms with Crippen LogP contribution < -0.4 is 0 Å². The summed E-state index contributed by atoms with van der Waals surface area (Å²) in [6, 6.07) is 0.626. The molecule has 1 heterocycles. The number of aliphatic carboxylic acids is 1. The van der Waals surface area contributed by atoms with Gasteiger partial charge in [0, 0.05) is 19.1 Å². The van der Waals surface area contributed by atoms with Crippen molar-refractivity contribution in [2.45, 2.75) is 57.8 Å². The van der Waals surface area contributed by atoms with E-state index in [0.29, 0.717) is 18.3 Å². The summed E-state index contributed by atoms with van der Waals surface area (Å²) in [4.78, 5) is 13.8. The summed E-state index contributed by atoms with van der Waals surface area (Å²) in [6.07, 6.45) is 7.67. The van der Waals surface area contributed by atoms with Gasteiger partial charge in [0.05, 0.1) is 13.8 Å². The van der Waals surface area contributed by atoms with Crippen LogP contribution in [0.3, 0.4) is 0 Å². The molecule has 0 bridgehead atoms. The minimum Gasteiger partial charge on any atom is -0.481 e. The third kappa shape index (κ3) is 3.74. The molecule has 2 rings (SSSR count). The Morgan fingerprint density at radius 2 is 1.95 bits per heavy atom. The van der Waals surface area contributed by atoms with Gasteiger partial charge in [-0.2, -0.15) is 0 Å². The number of nitrogens with zero attached hydrogens (tertiary/aromatic N) is 1. The molecule has 3 nitrogen and oxygen atoms in total. The summed E-state index contributed by atoms with van der Waals surface area (Å²) >= 11 is 0. The highest BCUT2D eigenvalue weighted by atomic mass is 16.4. The predicted octanol–water partition coefficient (Wildman–Crippen LogP) is 2.56. The molecular formula is C15H26BNO2. The minimum absolute atomic E-state index is 0.175. The fourth-order valence-corrected chi connectivity index (χ4v) is 3.76. The largest absolute Gasteiger partial charge is 0.481 e. The quantitative estimate of drug-likeness (QED) is 0.775. The van der Waals surface area contributed by atoms with Crippen LogP contribution in [0.15, 0.2) is 0 Å². The van der Waals surface area contributed by atoms with Crippen molar-refractivity contribution in [2.24, 2.45) is 17.8 Å². The maximum absolute atomic E-state index is 11.4. The lowest BCUT2D eigenvalue weighted by Crippen LogP contribution is -2.36. The molecule has 1 aliphatic carbocycles. The Hall–Kier alpha value is -0.505. The summed E-state index contributed by atoms with van der Waals surface area (Å²) in [5.41, 5.74) is 0. The number of carbonyl (C=O) groups is 1. The Labute approximate surface area is 118 Å². The molecule has 19 heavy (non-hydrogen) atoms. The zero-order chi connectivity index (χ0) is 13.8. The molecule has 106 valence electrons. The first-order chi connectivity index (χ1) is 9.11. The first-order valence-electron chi connectivity index (χ1n) is 7.78. The van der Waals surface area contributed by atoms with Crippen molar-refractivity contribution in [1.82, 2.24) is 4.90 Å². The van der Waals surface area contributed by atoms with Crippen molar-refractivity contribution >= 4 is 13.8 Å². The van der Waals surface area contributed by atoms with Gasteiger partial charge in [-0.05, 0) is 43.9 Å². The predicted molar refractivity (Wildman–Crippen MR) is 77.4 cm³/mol. The van der Waals surface area contributed by atoms with Crippen LogP contribution in [0.1, 0.15) is 45.4 Å². The van der Waals surface area contributed by atoms with Gasteiger partial charge in [0.15, 0.2) is 0 Å². The van der Waals surface area contributed by atoms with E-state index < -0.39 is 5.97 Å². The SMILES string of the molecule is [B]CCC[C@H]1CN(C2CCC(C)CC2)C[C@H]1C(=O)O. The van der Waals surface area contributed by atoms with Gasteiger partial charge >= 0.3 is 5.97 Å². The molecule has 1 saturated heterocycles. The second-order valence-corrected chi connectivity index (χ2v) is 6.50. The topological polar surface area (TPSA) is 40.5 Å². The van der Waals surface area contributed by atoms with E-state index in [1.165, 1.54) is 25.7 Å². The smallest absolute Gasteiger partial charge is 0.308 e. The van der Waals surface area contributed by atoms with Crippen LogP contribution in [0.4, 0.5) is 0 Å². The van der Waals surface area contributed by atoms with Crippen molar-refractivity contribution < 1.29 is 9.90 Å². The lowest BCUT2D eigenvalue weighted by atomic mass is 9.86. The molecule has 1 aliphatic heterocycles. The number of likely N-dealkylation sites (tertiary alicyclic amines) is 1. The van der Waals surface area contributed by atoms with E-state index in [1.807, 2.05) is 0 Å². The van der Waals surface area contributed by atoms with E-state index >= 15 is 0 Å².